The summed E-state index contributed by atoms with van der Waals surface area (Å²) in [5.41, 5.74) is 0.834. The molecule has 1 heterocycles. The van der Waals surface area contributed by atoms with Gasteiger partial charge >= 0.3 is 0 Å². The molecular weight excluding hydrogens is 332 g/mol. The molecule has 4 nitrogen and oxygen atoms in total. The summed E-state index contributed by atoms with van der Waals surface area (Å²) in [4.78, 5) is 14.5. The summed E-state index contributed by atoms with van der Waals surface area (Å²) in [5.74, 6) is 0.840. The number of furan rings is 1. The molecule has 1 aromatic heterocycles. The van der Waals surface area contributed by atoms with E-state index >= 15 is 0 Å². The average molecular weight is 353 g/mol. The molecule has 25 heavy (non-hydrogen) atoms. The highest BCUT2D eigenvalue weighted by molar-refractivity contribution is 7.99. The maximum atomic E-state index is 12.3. The number of rotatable bonds is 7. The van der Waals surface area contributed by atoms with Crippen LogP contribution in [-0.4, -0.2) is 12.5 Å². The lowest BCUT2D eigenvalue weighted by Crippen LogP contribution is -2.86. The van der Waals surface area contributed by atoms with Crippen molar-refractivity contribution in [3.05, 3.63) is 78.8 Å². The van der Waals surface area contributed by atoms with Crippen molar-refractivity contribution in [2.45, 2.75) is 22.8 Å². The molecule has 3 aromatic rings. The van der Waals surface area contributed by atoms with Crippen LogP contribution in [0.15, 0.2) is 87.2 Å². The number of quaternary nitrogens is 1. The third-order valence-corrected chi connectivity index (χ3v) is 4.86. The van der Waals surface area contributed by atoms with Gasteiger partial charge in [0.25, 0.3) is 5.91 Å². The molecule has 0 bridgehead atoms. The molecule has 0 radical (unpaired) electrons. The molecule has 2 aromatic carbocycles. The molecule has 3 rings (SSSR count). The van der Waals surface area contributed by atoms with Gasteiger partial charge in [-0.1, -0.05) is 42.1 Å². The second-order valence-corrected chi connectivity index (χ2v) is 6.82. The predicted octanol–water partition coefficient (Wildman–Crippen LogP) is 3.69. The van der Waals surface area contributed by atoms with Crippen molar-refractivity contribution >= 4 is 23.4 Å². The predicted molar refractivity (Wildman–Crippen MR) is 99.6 cm³/mol. The van der Waals surface area contributed by atoms with Gasteiger partial charge < -0.3 is 15.1 Å². The number of carbonyl (C=O) groups excluding carboxylic acids is 1. The second kappa shape index (κ2) is 8.55. The summed E-state index contributed by atoms with van der Waals surface area (Å²) >= 11 is 1.64. The number of hydrogen-bond acceptors (Lipinski definition) is 3. The van der Waals surface area contributed by atoms with Crippen molar-refractivity contribution in [2.24, 2.45) is 0 Å². The standard InChI is InChI=1S/C20H20N2O2S/c1-15(18-11-7-13-24-18)21-14-20(23)22-17-10-5-6-12-19(17)25-16-8-3-2-4-9-16/h2-13,15,21H,14H2,1H3,(H,22,23)/p+1/t15-/m1/s1. The Bertz CT molecular complexity index is 804. The van der Waals surface area contributed by atoms with Gasteiger partial charge in [-0.05, 0) is 43.3 Å². The van der Waals surface area contributed by atoms with Gasteiger partial charge in [-0.15, -0.1) is 0 Å². The number of hydrogen-bond donors (Lipinski definition) is 2. The summed E-state index contributed by atoms with van der Waals surface area (Å²) in [6.07, 6.45) is 1.65. The van der Waals surface area contributed by atoms with E-state index in [2.05, 4.69) is 17.4 Å². The van der Waals surface area contributed by atoms with Crippen molar-refractivity contribution in [1.82, 2.24) is 0 Å². The van der Waals surface area contributed by atoms with E-state index in [4.69, 9.17) is 4.42 Å². The van der Waals surface area contributed by atoms with E-state index < -0.39 is 0 Å². The molecule has 0 aliphatic carbocycles. The summed E-state index contributed by atoms with van der Waals surface area (Å²) in [6.45, 7) is 2.36. The van der Waals surface area contributed by atoms with Crippen molar-refractivity contribution < 1.29 is 14.5 Å². The van der Waals surface area contributed by atoms with Crippen molar-refractivity contribution in [2.75, 3.05) is 11.9 Å². The Hall–Kier alpha value is -2.50. The van der Waals surface area contributed by atoms with Gasteiger partial charge in [0, 0.05) is 9.79 Å². The van der Waals surface area contributed by atoms with Gasteiger partial charge in [-0.2, -0.15) is 0 Å². The number of amides is 1. The zero-order valence-corrected chi connectivity index (χ0v) is 14.8. The van der Waals surface area contributed by atoms with Crippen LogP contribution in [0.25, 0.3) is 0 Å². The maximum absolute atomic E-state index is 12.3. The first-order valence-corrected chi connectivity index (χ1v) is 9.02. The third kappa shape index (κ3) is 4.98. The molecule has 3 N–H and O–H groups in total. The van der Waals surface area contributed by atoms with Crippen LogP contribution in [0.1, 0.15) is 18.7 Å². The van der Waals surface area contributed by atoms with Crippen molar-refractivity contribution in [3.63, 3.8) is 0 Å². The fraction of sp³-hybridized carbons (Fsp3) is 0.150. The molecule has 0 unspecified atom stereocenters. The number of para-hydroxylation sites is 1. The second-order valence-electron chi connectivity index (χ2n) is 5.70. The van der Waals surface area contributed by atoms with Crippen molar-refractivity contribution in [1.29, 1.82) is 0 Å². The van der Waals surface area contributed by atoms with E-state index in [1.54, 1.807) is 18.0 Å². The molecule has 0 aliphatic rings. The minimum absolute atomic E-state index is 0.0282. The molecule has 128 valence electrons. The van der Waals surface area contributed by atoms with Crippen LogP contribution in [0.2, 0.25) is 0 Å². The van der Waals surface area contributed by atoms with Crippen LogP contribution >= 0.6 is 11.8 Å². The summed E-state index contributed by atoms with van der Waals surface area (Å²) in [6, 6.07) is 21.9. The quantitative estimate of drug-likeness (QED) is 0.681. The molecule has 5 heteroatoms. The van der Waals surface area contributed by atoms with Gasteiger partial charge in [-0.25, -0.2) is 0 Å². The number of nitrogens with two attached hydrogens (primary N) is 1. The van der Waals surface area contributed by atoms with Crippen LogP contribution in [-0.2, 0) is 4.79 Å². The van der Waals surface area contributed by atoms with Gasteiger partial charge in [0.05, 0.1) is 12.0 Å². The molecular formula is C20H21N2O2S+. The highest BCUT2D eigenvalue weighted by Gasteiger charge is 2.14. The molecule has 0 saturated carbocycles. The fourth-order valence-electron chi connectivity index (χ4n) is 2.43. The Morgan fingerprint density at radius 3 is 2.60 bits per heavy atom. The van der Waals surface area contributed by atoms with E-state index in [1.165, 1.54) is 0 Å². The first-order chi connectivity index (χ1) is 12.2. The van der Waals surface area contributed by atoms with E-state index in [0.717, 1.165) is 21.2 Å². The monoisotopic (exact) mass is 353 g/mol. The lowest BCUT2D eigenvalue weighted by Gasteiger charge is -2.11. The smallest absolute Gasteiger partial charge is 0.279 e. The van der Waals surface area contributed by atoms with E-state index in [-0.39, 0.29) is 11.9 Å². The largest absolute Gasteiger partial charge is 0.463 e. The van der Waals surface area contributed by atoms with Crippen LogP contribution in [0.5, 0.6) is 0 Å². The Morgan fingerprint density at radius 2 is 1.84 bits per heavy atom. The summed E-state index contributed by atoms with van der Waals surface area (Å²) in [5, 5.41) is 4.97. The van der Waals surface area contributed by atoms with E-state index in [0.29, 0.717) is 6.54 Å². The topological polar surface area (TPSA) is 58.9 Å². The van der Waals surface area contributed by atoms with Gasteiger partial charge in [0.15, 0.2) is 12.3 Å². The van der Waals surface area contributed by atoms with Crippen LogP contribution in [0.3, 0.4) is 0 Å². The maximum Gasteiger partial charge on any atom is 0.279 e. The Balaban J connectivity index is 1.59. The number of carbonyl (C=O) groups is 1. The molecule has 0 spiro atoms. The molecule has 1 amide bonds. The lowest BCUT2D eigenvalue weighted by molar-refractivity contribution is -0.684. The molecule has 0 saturated heterocycles. The van der Waals surface area contributed by atoms with Crippen LogP contribution in [0, 0.1) is 0 Å². The first-order valence-electron chi connectivity index (χ1n) is 8.21. The van der Waals surface area contributed by atoms with E-state index in [9.17, 15) is 4.79 Å². The molecule has 0 fully saturated rings. The Morgan fingerprint density at radius 1 is 1.08 bits per heavy atom. The van der Waals surface area contributed by atoms with Crippen LogP contribution in [0.4, 0.5) is 5.69 Å². The third-order valence-electron chi connectivity index (χ3n) is 3.78. The number of benzene rings is 2. The zero-order chi connectivity index (χ0) is 17.5. The Kier molecular flexibility index (Phi) is 5.93. The number of anilines is 1. The normalized spacial score (nSPS) is 11.9. The van der Waals surface area contributed by atoms with Gasteiger partial charge in [0.2, 0.25) is 0 Å². The fourth-order valence-corrected chi connectivity index (χ4v) is 3.35. The molecule has 1 atom stereocenters. The summed E-state index contributed by atoms with van der Waals surface area (Å²) in [7, 11) is 0. The van der Waals surface area contributed by atoms with Crippen molar-refractivity contribution in [3.8, 4) is 0 Å². The Labute approximate surface area is 151 Å². The summed E-state index contributed by atoms with van der Waals surface area (Å²) < 4.78 is 5.37. The van der Waals surface area contributed by atoms with E-state index in [1.807, 2.05) is 66.8 Å². The zero-order valence-electron chi connectivity index (χ0n) is 14.0. The highest BCUT2D eigenvalue weighted by Crippen LogP contribution is 2.33. The minimum Gasteiger partial charge on any atom is -0.463 e. The number of nitrogens with one attached hydrogen (secondary N) is 1. The lowest BCUT2D eigenvalue weighted by atomic mass is 10.2. The average Bonchev–Trinajstić information content (AvgIpc) is 3.17. The minimum atomic E-state index is -0.0282. The SMILES string of the molecule is C[C@@H]([NH2+]CC(=O)Nc1ccccc1Sc1ccccc1)c1ccco1. The highest BCUT2D eigenvalue weighted by atomic mass is 32.2. The molecule has 0 aliphatic heterocycles. The van der Waals surface area contributed by atoms with Gasteiger partial charge in [-0.3, -0.25) is 4.79 Å². The first kappa shape index (κ1) is 17.3. The van der Waals surface area contributed by atoms with Gasteiger partial charge in [0.1, 0.15) is 6.04 Å². The van der Waals surface area contributed by atoms with Crippen LogP contribution < -0.4 is 10.6 Å².